The van der Waals surface area contributed by atoms with Crippen LogP contribution in [-0.4, -0.2) is 0 Å². The van der Waals surface area contributed by atoms with Gasteiger partial charge in [-0.3, -0.25) is 0 Å². The number of halogens is 1. The van der Waals surface area contributed by atoms with Crippen molar-refractivity contribution in [2.24, 2.45) is 0 Å². The smallest absolute Gasteiger partial charge is 0.0710 e. The molecule has 0 N–H and O–H groups in total. The van der Waals surface area contributed by atoms with Crippen LogP contribution in [0.5, 0.6) is 0 Å². The second-order valence-corrected chi connectivity index (χ2v) is 4.47. The van der Waals surface area contributed by atoms with Gasteiger partial charge in [-0.2, -0.15) is 0 Å². The maximum absolute atomic E-state index is 4.58. The van der Waals surface area contributed by atoms with Gasteiger partial charge in [0.1, 0.15) is 0 Å². The molecule has 0 spiro atoms. The minimum atomic E-state index is 1.25. The molecule has 0 saturated heterocycles. The molecule has 21 heavy (non-hydrogen) atoms. The third-order valence-electron chi connectivity index (χ3n) is 3.19. The Hall–Kier alpha value is -1.44. The van der Waals surface area contributed by atoms with Gasteiger partial charge >= 0.3 is 29.2 Å². The summed E-state index contributed by atoms with van der Waals surface area (Å²) in [5.41, 5.74) is 3.75. The summed E-state index contributed by atoms with van der Waals surface area (Å²) in [6.07, 6.45) is 0. The zero-order valence-corrected chi connectivity index (χ0v) is 14.3. The second kappa shape index (κ2) is 8.76. The largest absolute Gasteiger partial charge is 0.0999 e. The first-order valence-electron chi connectivity index (χ1n) is 6.60. The fraction of sp³-hybridized carbons (Fsp3) is 0. The van der Waals surface area contributed by atoms with E-state index in [0.717, 1.165) is 0 Å². The van der Waals surface area contributed by atoms with Crippen molar-refractivity contribution in [1.29, 1.82) is 0 Å². The quantitative estimate of drug-likeness (QED) is 0.271. The van der Waals surface area contributed by atoms with Crippen LogP contribution in [0.4, 0.5) is 0 Å². The topological polar surface area (TPSA) is 0 Å². The van der Waals surface area contributed by atoms with Crippen LogP contribution in [-0.2, 0) is 20.0 Å². The third-order valence-corrected chi connectivity index (χ3v) is 3.19. The molecule has 3 aromatic carbocycles. The fourth-order valence-corrected chi connectivity index (χ4v) is 2.31. The van der Waals surface area contributed by atoms with E-state index in [1.54, 1.807) is 20.0 Å². The van der Waals surface area contributed by atoms with Crippen molar-refractivity contribution in [2.75, 3.05) is 0 Å². The first kappa shape index (κ1) is 15.9. The van der Waals surface area contributed by atoms with E-state index in [1.807, 2.05) is 0 Å². The summed E-state index contributed by atoms with van der Waals surface area (Å²) in [6, 6.07) is 31.6. The van der Waals surface area contributed by atoms with Gasteiger partial charge in [-0.1, -0.05) is 114 Å². The summed E-state index contributed by atoms with van der Waals surface area (Å²) < 4.78 is 0. The molecule has 2 heteroatoms. The van der Waals surface area contributed by atoms with Crippen molar-refractivity contribution in [3.63, 3.8) is 0 Å². The summed E-state index contributed by atoms with van der Waals surface area (Å²) >= 11 is 1.75. The van der Waals surface area contributed by atoms with Crippen molar-refractivity contribution in [3.8, 4) is 0 Å². The zero-order valence-electron chi connectivity index (χ0n) is 11.3. The molecule has 0 bridgehead atoms. The van der Waals surface area contributed by atoms with E-state index in [1.165, 1.54) is 22.6 Å². The SMILES string of the molecule is [Cl][Au].c1ccc([C-](c2ccccc2)c2ccccc2)cc1. The number of rotatable bonds is 3. The van der Waals surface area contributed by atoms with Crippen LogP contribution in [0.2, 0.25) is 0 Å². The molecule has 0 aliphatic heterocycles. The van der Waals surface area contributed by atoms with Gasteiger partial charge in [0.15, 0.2) is 0 Å². The standard InChI is InChI=1S/C19H15.Au.ClH/c1-4-10-16(11-5-1)19(17-12-6-2-7-13-17)18-14-8-3-9-15-18;;/h1-15H;;1H/q-1;+1;/p-1. The molecule has 3 rings (SSSR count). The van der Waals surface area contributed by atoms with E-state index >= 15 is 0 Å². The maximum atomic E-state index is 4.58. The third kappa shape index (κ3) is 4.26. The van der Waals surface area contributed by atoms with Crippen molar-refractivity contribution < 1.29 is 20.0 Å². The van der Waals surface area contributed by atoms with Gasteiger partial charge in [-0.05, 0) is 0 Å². The molecule has 0 unspecified atom stereocenters. The monoisotopic (exact) mass is 475 g/mol. The summed E-state index contributed by atoms with van der Waals surface area (Å²) in [5, 5.41) is 0. The van der Waals surface area contributed by atoms with Crippen LogP contribution < -0.4 is 0 Å². The Morgan fingerprint density at radius 2 is 0.714 bits per heavy atom. The molecule has 0 aliphatic rings. The van der Waals surface area contributed by atoms with E-state index in [-0.39, 0.29) is 0 Å². The van der Waals surface area contributed by atoms with E-state index in [0.29, 0.717) is 0 Å². The average Bonchev–Trinajstić information content (AvgIpc) is 2.60. The van der Waals surface area contributed by atoms with Crippen LogP contribution in [0.1, 0.15) is 16.7 Å². The minimum Gasteiger partial charge on any atom is -0.0999 e. The van der Waals surface area contributed by atoms with E-state index in [2.05, 4.69) is 100 Å². The first-order valence-corrected chi connectivity index (χ1v) is 9.28. The molecule has 0 radical (unpaired) electrons. The molecule has 110 valence electrons. The summed E-state index contributed by atoms with van der Waals surface area (Å²) in [7, 11) is 4.58. The minimum absolute atomic E-state index is 1.25. The maximum Gasteiger partial charge on any atom is -0.0710 e. The zero-order chi connectivity index (χ0) is 14.9. The molecule has 0 nitrogen and oxygen atoms in total. The van der Waals surface area contributed by atoms with Crippen LogP contribution >= 0.6 is 9.19 Å². The fourth-order valence-electron chi connectivity index (χ4n) is 2.31. The Morgan fingerprint density at radius 3 is 0.952 bits per heavy atom. The van der Waals surface area contributed by atoms with Crippen LogP contribution in [0, 0.1) is 5.92 Å². The van der Waals surface area contributed by atoms with E-state index < -0.39 is 0 Å². The predicted molar refractivity (Wildman–Crippen MR) is 85.7 cm³/mol. The van der Waals surface area contributed by atoms with Gasteiger partial charge in [0.05, 0.1) is 0 Å². The molecule has 0 atom stereocenters. The van der Waals surface area contributed by atoms with E-state index in [9.17, 15) is 0 Å². The van der Waals surface area contributed by atoms with Crippen molar-refractivity contribution in [1.82, 2.24) is 0 Å². The number of hydrogen-bond acceptors (Lipinski definition) is 0. The van der Waals surface area contributed by atoms with Crippen LogP contribution in [0.3, 0.4) is 0 Å². The van der Waals surface area contributed by atoms with Gasteiger partial charge in [-0.25, -0.2) is 0 Å². The first-order chi connectivity index (χ1) is 10.4. The van der Waals surface area contributed by atoms with Gasteiger partial charge < -0.3 is 0 Å². The number of hydrogen-bond donors (Lipinski definition) is 0. The van der Waals surface area contributed by atoms with Gasteiger partial charge in [0, 0.05) is 0 Å². The Morgan fingerprint density at radius 1 is 0.476 bits per heavy atom. The Labute approximate surface area is 142 Å². The summed E-state index contributed by atoms with van der Waals surface area (Å²) in [4.78, 5) is 0. The van der Waals surface area contributed by atoms with Gasteiger partial charge in [0.2, 0.25) is 0 Å². The van der Waals surface area contributed by atoms with Crippen molar-refractivity contribution in [2.45, 2.75) is 0 Å². The average molecular weight is 476 g/mol. The second-order valence-electron chi connectivity index (χ2n) is 4.47. The van der Waals surface area contributed by atoms with Crippen molar-refractivity contribution >= 4 is 9.19 Å². The Balaban J connectivity index is 0.000000774. The van der Waals surface area contributed by atoms with Crippen molar-refractivity contribution in [3.05, 3.63) is 114 Å². The molecule has 0 saturated carbocycles. The normalized spacial score (nSPS) is 9.48. The molecule has 0 amide bonds. The Bertz CT molecular complexity index is 530. The predicted octanol–water partition coefficient (Wildman–Crippen LogP) is 5.39. The van der Waals surface area contributed by atoms with E-state index in [4.69, 9.17) is 0 Å². The summed E-state index contributed by atoms with van der Waals surface area (Å²) in [5.74, 6) is 1.28. The molecule has 0 aromatic heterocycles. The van der Waals surface area contributed by atoms with Crippen LogP contribution in [0.15, 0.2) is 91.0 Å². The number of benzene rings is 3. The van der Waals surface area contributed by atoms with Crippen LogP contribution in [0.25, 0.3) is 0 Å². The molecule has 0 aliphatic carbocycles. The van der Waals surface area contributed by atoms with Gasteiger partial charge in [0.25, 0.3) is 0 Å². The molecule has 3 aromatic rings. The Kier molecular flexibility index (Phi) is 6.65. The molecule has 0 heterocycles. The molecule has 0 fully saturated rings. The molecular formula is C19H15AuCl-. The molecular weight excluding hydrogens is 461 g/mol. The van der Waals surface area contributed by atoms with Gasteiger partial charge in [-0.15, -0.1) is 0 Å². The summed E-state index contributed by atoms with van der Waals surface area (Å²) in [6.45, 7) is 0.